The maximum atomic E-state index is 12.6. The molecule has 0 aliphatic heterocycles. The minimum absolute atomic E-state index is 0.107. The molecule has 0 spiro atoms. The van der Waals surface area contributed by atoms with Crippen LogP contribution in [0.25, 0.3) is 0 Å². The molecule has 28 heavy (non-hydrogen) atoms. The summed E-state index contributed by atoms with van der Waals surface area (Å²) in [5, 5.41) is 0. The normalized spacial score (nSPS) is 13.0. The van der Waals surface area contributed by atoms with E-state index in [1.807, 2.05) is 24.3 Å². The van der Waals surface area contributed by atoms with Crippen LogP contribution in [0, 0.1) is 0 Å². The van der Waals surface area contributed by atoms with Crippen LogP contribution in [0.15, 0.2) is 28.7 Å². The van der Waals surface area contributed by atoms with E-state index in [1.54, 1.807) is 0 Å². The molecular formula is C16H18BrF3O7S. The minimum Gasteiger partial charge on any atom is -0.465 e. The molecule has 1 atom stereocenters. The van der Waals surface area contributed by atoms with Gasteiger partial charge < -0.3 is 9.47 Å². The van der Waals surface area contributed by atoms with Crippen LogP contribution in [0.1, 0.15) is 24.8 Å². The number of carbonyl (C=O) groups excluding carboxylic acids is 2. The molecule has 0 fully saturated rings. The quantitative estimate of drug-likeness (QED) is 0.396. The van der Waals surface area contributed by atoms with Crippen molar-refractivity contribution in [3.8, 4) is 0 Å². The Morgan fingerprint density at radius 2 is 1.68 bits per heavy atom. The van der Waals surface area contributed by atoms with Gasteiger partial charge in [0.2, 0.25) is 6.10 Å². The van der Waals surface area contributed by atoms with Gasteiger partial charge in [-0.15, -0.1) is 0 Å². The van der Waals surface area contributed by atoms with Crippen LogP contribution < -0.4 is 0 Å². The number of carbonyl (C=O) groups is 2. The highest BCUT2D eigenvalue weighted by Crippen LogP contribution is 2.24. The molecule has 7 nitrogen and oxygen atoms in total. The summed E-state index contributed by atoms with van der Waals surface area (Å²) < 4.78 is 77.5. The van der Waals surface area contributed by atoms with Gasteiger partial charge in [-0.25, -0.2) is 0 Å². The lowest BCUT2D eigenvalue weighted by Crippen LogP contribution is -2.39. The van der Waals surface area contributed by atoms with E-state index in [0.717, 1.165) is 10.0 Å². The summed E-state index contributed by atoms with van der Waals surface area (Å²) in [7, 11) is -5.00. The van der Waals surface area contributed by atoms with Crippen LogP contribution in [0.3, 0.4) is 0 Å². The summed E-state index contributed by atoms with van der Waals surface area (Å²) in [4.78, 5) is 23.0. The molecule has 0 radical (unpaired) electrons. The lowest BCUT2D eigenvalue weighted by Gasteiger charge is -2.19. The molecule has 12 heteroatoms. The number of benzene rings is 1. The molecule has 0 amide bonds. The van der Waals surface area contributed by atoms with Crippen molar-refractivity contribution >= 4 is 38.0 Å². The van der Waals surface area contributed by atoms with E-state index in [9.17, 15) is 31.2 Å². The Balaban J connectivity index is 2.31. The first kappa shape index (κ1) is 24.4. The van der Waals surface area contributed by atoms with Crippen LogP contribution in [0.4, 0.5) is 13.2 Å². The molecule has 158 valence electrons. The van der Waals surface area contributed by atoms with Gasteiger partial charge >= 0.3 is 18.1 Å². The van der Waals surface area contributed by atoms with Crippen molar-refractivity contribution in [2.45, 2.75) is 38.0 Å². The first-order chi connectivity index (χ1) is 12.9. The van der Waals surface area contributed by atoms with Crippen molar-refractivity contribution in [3.63, 3.8) is 0 Å². The van der Waals surface area contributed by atoms with Gasteiger partial charge in [0, 0.05) is 23.7 Å². The van der Waals surface area contributed by atoms with E-state index in [1.165, 1.54) is 0 Å². The largest absolute Gasteiger partial charge is 0.465 e. The maximum absolute atomic E-state index is 12.6. The number of hydrogen-bond acceptors (Lipinski definition) is 6. The Labute approximate surface area is 168 Å². The Morgan fingerprint density at radius 3 is 2.21 bits per heavy atom. The number of alkyl halides is 3. The molecule has 1 aromatic carbocycles. The highest BCUT2D eigenvalue weighted by Gasteiger charge is 2.45. The second-order valence-corrected chi connectivity index (χ2v) is 8.13. The highest BCUT2D eigenvalue weighted by molar-refractivity contribution is 9.10. The van der Waals surface area contributed by atoms with Crippen molar-refractivity contribution in [3.05, 3.63) is 34.3 Å². The summed E-state index contributed by atoms with van der Waals surface area (Å²) >= 11 is 3.29. The van der Waals surface area contributed by atoms with E-state index in [4.69, 9.17) is 9.29 Å². The standard InChI is InChI=1S/C16H18BrF3O7S/c17-12-6-4-11(5-7-12)8-9-26-14(21)2-1-3-15(22)27-13(16(18,19)20)10-28(23,24)25/h4-7,13H,1-3,8-10H2,(H,23,24,25). The summed E-state index contributed by atoms with van der Waals surface area (Å²) in [6.07, 6.45) is -8.55. The second kappa shape index (κ2) is 10.8. The zero-order valence-corrected chi connectivity index (χ0v) is 16.8. The SMILES string of the molecule is O=C(CCCC(=O)OC(CS(=O)(=O)O)C(F)(F)F)OCCc1ccc(Br)cc1. The van der Waals surface area contributed by atoms with Gasteiger partial charge in [0.05, 0.1) is 6.61 Å². The molecule has 1 aromatic rings. The highest BCUT2D eigenvalue weighted by atomic mass is 79.9. The third-order valence-electron chi connectivity index (χ3n) is 3.33. The van der Waals surface area contributed by atoms with Gasteiger partial charge in [-0.2, -0.15) is 21.6 Å². The minimum atomic E-state index is -5.16. The summed E-state index contributed by atoms with van der Waals surface area (Å²) in [6, 6.07) is 7.35. The number of hydrogen-bond donors (Lipinski definition) is 1. The van der Waals surface area contributed by atoms with Crippen LogP contribution in [-0.4, -0.2) is 49.5 Å². The Bertz CT molecular complexity index is 763. The predicted molar refractivity (Wildman–Crippen MR) is 95.0 cm³/mol. The number of ether oxygens (including phenoxy) is 2. The average Bonchev–Trinajstić information content (AvgIpc) is 2.54. The van der Waals surface area contributed by atoms with Crippen molar-refractivity contribution in [2.24, 2.45) is 0 Å². The van der Waals surface area contributed by atoms with Crippen molar-refractivity contribution in [1.82, 2.24) is 0 Å². The molecule has 0 saturated heterocycles. The third-order valence-corrected chi connectivity index (χ3v) is 4.58. The number of esters is 2. The van der Waals surface area contributed by atoms with Gasteiger partial charge in [0.1, 0.15) is 5.75 Å². The van der Waals surface area contributed by atoms with Gasteiger partial charge in [-0.3, -0.25) is 14.1 Å². The molecular weight excluding hydrogens is 473 g/mol. The number of rotatable bonds is 10. The summed E-state index contributed by atoms with van der Waals surface area (Å²) in [6.45, 7) is 0.107. The molecule has 0 aromatic heterocycles. The van der Waals surface area contributed by atoms with Gasteiger partial charge in [0.25, 0.3) is 10.1 Å². The van der Waals surface area contributed by atoms with E-state index >= 15 is 0 Å². The van der Waals surface area contributed by atoms with Crippen LogP contribution in [0.5, 0.6) is 0 Å². The fraction of sp³-hybridized carbons (Fsp3) is 0.500. The molecule has 1 rings (SSSR count). The Hall–Kier alpha value is -1.66. The lowest BCUT2D eigenvalue weighted by molar-refractivity contribution is -0.215. The lowest BCUT2D eigenvalue weighted by atomic mass is 10.2. The summed E-state index contributed by atoms with van der Waals surface area (Å²) in [5.74, 6) is -3.76. The Kier molecular flexibility index (Phi) is 9.37. The fourth-order valence-corrected chi connectivity index (χ4v) is 2.89. The first-order valence-electron chi connectivity index (χ1n) is 7.98. The maximum Gasteiger partial charge on any atom is 0.426 e. The van der Waals surface area contributed by atoms with Crippen molar-refractivity contribution in [2.75, 3.05) is 12.4 Å². The van der Waals surface area contributed by atoms with Gasteiger partial charge in [-0.05, 0) is 24.1 Å². The van der Waals surface area contributed by atoms with E-state index < -0.39 is 46.5 Å². The Morgan fingerprint density at radius 1 is 1.11 bits per heavy atom. The van der Waals surface area contributed by atoms with Crippen LogP contribution in [0.2, 0.25) is 0 Å². The fourth-order valence-electron chi connectivity index (χ4n) is 1.99. The molecule has 0 bridgehead atoms. The zero-order chi connectivity index (χ0) is 21.4. The monoisotopic (exact) mass is 490 g/mol. The number of halogens is 4. The molecule has 1 unspecified atom stereocenters. The predicted octanol–water partition coefficient (Wildman–Crippen LogP) is 3.07. The molecule has 1 N–H and O–H groups in total. The molecule has 0 aliphatic rings. The van der Waals surface area contributed by atoms with E-state index in [-0.39, 0.29) is 19.4 Å². The molecule has 0 heterocycles. The van der Waals surface area contributed by atoms with Crippen molar-refractivity contribution < 1.29 is 45.2 Å². The first-order valence-corrected chi connectivity index (χ1v) is 10.4. The van der Waals surface area contributed by atoms with E-state index in [2.05, 4.69) is 20.7 Å². The zero-order valence-electron chi connectivity index (χ0n) is 14.4. The van der Waals surface area contributed by atoms with Gasteiger partial charge in [-0.1, -0.05) is 28.1 Å². The topological polar surface area (TPSA) is 107 Å². The smallest absolute Gasteiger partial charge is 0.426 e. The van der Waals surface area contributed by atoms with Crippen LogP contribution >= 0.6 is 15.9 Å². The summed E-state index contributed by atoms with van der Waals surface area (Å²) in [5.41, 5.74) is 0.941. The van der Waals surface area contributed by atoms with Gasteiger partial charge in [0.15, 0.2) is 0 Å². The average molecular weight is 491 g/mol. The second-order valence-electron chi connectivity index (χ2n) is 5.72. The van der Waals surface area contributed by atoms with E-state index in [0.29, 0.717) is 6.42 Å². The van der Waals surface area contributed by atoms with Crippen LogP contribution in [-0.2, 0) is 35.6 Å². The van der Waals surface area contributed by atoms with Crippen molar-refractivity contribution in [1.29, 1.82) is 0 Å². The molecule has 0 aliphatic carbocycles. The third kappa shape index (κ3) is 10.6. The molecule has 0 saturated carbocycles.